The van der Waals surface area contributed by atoms with Crippen molar-refractivity contribution in [3.63, 3.8) is 0 Å². The third-order valence-electron chi connectivity index (χ3n) is 8.39. The van der Waals surface area contributed by atoms with Crippen molar-refractivity contribution in [1.29, 1.82) is 0 Å². The van der Waals surface area contributed by atoms with Crippen molar-refractivity contribution in [1.82, 2.24) is 56.5 Å². The second kappa shape index (κ2) is 22.4. The van der Waals surface area contributed by atoms with Crippen LogP contribution in [0.25, 0.3) is 0 Å². The van der Waals surface area contributed by atoms with Crippen molar-refractivity contribution in [3.05, 3.63) is 54.7 Å². The number of rotatable bonds is 25. The van der Waals surface area contributed by atoms with Crippen LogP contribution in [-0.2, 0) is 48.0 Å². The third kappa shape index (κ3) is 14.4. The summed E-state index contributed by atoms with van der Waals surface area (Å²) in [5, 5.41) is 23.0. The maximum absolute atomic E-state index is 14.0. The van der Waals surface area contributed by atoms with E-state index in [-0.39, 0.29) is 32.1 Å². The molecular weight excluding hydrogens is 704 g/mol. The lowest BCUT2D eigenvalue weighted by molar-refractivity contribution is -0.142. The number of hydrogen-bond acceptors (Lipinski definition) is 12. The number of unbranched alkanes of at least 4 members (excludes halogenated alkanes) is 2. The van der Waals surface area contributed by atoms with Crippen LogP contribution in [0, 0.1) is 0 Å². The van der Waals surface area contributed by atoms with E-state index in [9.17, 15) is 33.9 Å². The predicted octanol–water partition coefficient (Wildman–Crippen LogP) is -3.00. The first-order chi connectivity index (χ1) is 25.9. The molecular formula is C33H52N14O7. The molecule has 3 aromatic rings. The van der Waals surface area contributed by atoms with E-state index in [1.54, 1.807) is 0 Å². The number of H-pyrrole nitrogens is 3. The van der Waals surface area contributed by atoms with Gasteiger partial charge in [-0.1, -0.05) is 0 Å². The van der Waals surface area contributed by atoms with Crippen molar-refractivity contribution in [3.8, 4) is 0 Å². The van der Waals surface area contributed by atoms with Crippen molar-refractivity contribution < 1.29 is 33.9 Å². The van der Waals surface area contributed by atoms with Crippen LogP contribution in [0.4, 0.5) is 0 Å². The minimum atomic E-state index is -1.36. The quantitative estimate of drug-likeness (QED) is 0.0384. The number of carboxylic acid groups (broad SMARTS) is 1. The standard InChI is InChI=1S/C33H52N14O7/c1-19(36)28(48)43-23(6-2-4-8-34)29(49)45-25(10-20-13-37-16-40-20)31(51)44-24(7-3-5-9-35)30(50)46-26(11-21-14-38-17-41-21)32(52)47-27(33(53)54)12-22-15-39-18-42-22/h13-19,23-27H,2-12,34-36H2,1H3,(H,37,40)(H,38,41)(H,39,42)(H,43,48)(H,44,51)(H,45,49)(H,46,50)(H,47,52)(H,53,54). The molecule has 6 atom stereocenters. The molecule has 3 heterocycles. The first kappa shape index (κ1) is 42.7. The molecule has 0 bridgehead atoms. The maximum Gasteiger partial charge on any atom is 0.326 e. The van der Waals surface area contributed by atoms with Crippen LogP contribution in [-0.4, -0.2) is 120 Å². The number of aliphatic carboxylic acids is 1. The highest BCUT2D eigenvalue weighted by molar-refractivity contribution is 5.96. The van der Waals surface area contributed by atoms with Gasteiger partial charge in [-0.05, 0) is 58.5 Å². The molecule has 3 aromatic heterocycles. The minimum Gasteiger partial charge on any atom is -0.480 e. The van der Waals surface area contributed by atoms with Gasteiger partial charge in [-0.25, -0.2) is 19.7 Å². The van der Waals surface area contributed by atoms with Gasteiger partial charge in [0.1, 0.15) is 30.2 Å². The maximum atomic E-state index is 14.0. The lowest BCUT2D eigenvalue weighted by atomic mass is 10.0. The van der Waals surface area contributed by atoms with Crippen molar-refractivity contribution >= 4 is 35.5 Å². The molecule has 0 saturated carbocycles. The molecule has 0 fully saturated rings. The molecule has 0 aromatic carbocycles. The number of nitrogens with one attached hydrogen (secondary N) is 8. The van der Waals surface area contributed by atoms with Gasteiger partial charge in [-0.3, -0.25) is 24.0 Å². The summed E-state index contributed by atoms with van der Waals surface area (Å²) < 4.78 is 0. The SMILES string of the molecule is CC(N)C(=O)NC(CCCCN)C(=O)NC(Cc1cnc[nH]1)C(=O)NC(CCCCN)C(=O)NC(Cc1cnc[nH]1)C(=O)NC(Cc1cnc[nH]1)C(=O)O. The monoisotopic (exact) mass is 756 g/mol. The molecule has 0 aliphatic carbocycles. The number of hydrogen-bond donors (Lipinski definition) is 12. The Kier molecular flexibility index (Phi) is 17.7. The molecule has 3 rings (SSSR count). The van der Waals surface area contributed by atoms with Gasteiger partial charge in [-0.2, -0.15) is 0 Å². The smallest absolute Gasteiger partial charge is 0.326 e. The van der Waals surface area contributed by atoms with Crippen LogP contribution >= 0.6 is 0 Å². The van der Waals surface area contributed by atoms with Gasteiger partial charge in [0.2, 0.25) is 29.5 Å². The molecule has 15 N–H and O–H groups in total. The Balaban J connectivity index is 1.84. The summed E-state index contributed by atoms with van der Waals surface area (Å²) in [5.41, 5.74) is 18.5. The van der Waals surface area contributed by atoms with Gasteiger partial charge < -0.3 is 63.8 Å². The fourth-order valence-electron chi connectivity index (χ4n) is 5.38. The molecule has 0 aliphatic rings. The normalized spacial score (nSPS) is 14.4. The van der Waals surface area contributed by atoms with E-state index in [4.69, 9.17) is 17.2 Å². The summed E-state index contributed by atoms with van der Waals surface area (Å²) in [4.78, 5) is 99.9. The van der Waals surface area contributed by atoms with Crippen LogP contribution in [0.1, 0.15) is 62.5 Å². The molecule has 54 heavy (non-hydrogen) atoms. The Morgan fingerprint density at radius 2 is 0.907 bits per heavy atom. The Morgan fingerprint density at radius 1 is 0.574 bits per heavy atom. The summed E-state index contributed by atoms with van der Waals surface area (Å²) in [6, 6.07) is -7.02. The summed E-state index contributed by atoms with van der Waals surface area (Å²) >= 11 is 0. The summed E-state index contributed by atoms with van der Waals surface area (Å²) in [6.07, 6.45) is 10.7. The van der Waals surface area contributed by atoms with E-state index in [1.807, 2.05) is 0 Å². The number of nitrogens with zero attached hydrogens (tertiary/aromatic N) is 3. The van der Waals surface area contributed by atoms with Gasteiger partial charge in [0.15, 0.2) is 0 Å². The van der Waals surface area contributed by atoms with E-state index in [0.717, 1.165) is 0 Å². The zero-order valence-electron chi connectivity index (χ0n) is 30.2. The van der Waals surface area contributed by atoms with Crippen LogP contribution in [0.2, 0.25) is 0 Å². The summed E-state index contributed by atoms with van der Waals surface area (Å²) in [7, 11) is 0. The molecule has 296 valence electrons. The molecule has 0 saturated heterocycles. The Bertz CT molecular complexity index is 1600. The fraction of sp³-hybridized carbons (Fsp3) is 0.545. The lowest BCUT2D eigenvalue weighted by Gasteiger charge is -2.27. The topological polar surface area (TPSA) is 347 Å². The number of carbonyl (C=O) groups is 6. The zero-order valence-corrected chi connectivity index (χ0v) is 30.2. The van der Waals surface area contributed by atoms with Crippen molar-refractivity contribution in [2.75, 3.05) is 13.1 Å². The average Bonchev–Trinajstić information content (AvgIpc) is 3.95. The van der Waals surface area contributed by atoms with Gasteiger partial charge in [0.25, 0.3) is 0 Å². The average molecular weight is 757 g/mol. The van der Waals surface area contributed by atoms with E-state index in [0.29, 0.717) is 55.9 Å². The molecule has 21 heteroatoms. The number of carboxylic acids is 1. The van der Waals surface area contributed by atoms with Crippen molar-refractivity contribution in [2.45, 2.75) is 101 Å². The fourth-order valence-corrected chi connectivity index (χ4v) is 5.38. The van der Waals surface area contributed by atoms with Crippen LogP contribution in [0.3, 0.4) is 0 Å². The Hall–Kier alpha value is -5.67. The molecule has 0 aliphatic heterocycles. The molecule has 0 radical (unpaired) electrons. The van der Waals surface area contributed by atoms with E-state index >= 15 is 0 Å². The molecule has 6 unspecified atom stereocenters. The van der Waals surface area contributed by atoms with Crippen molar-refractivity contribution in [2.24, 2.45) is 17.2 Å². The van der Waals surface area contributed by atoms with E-state index in [2.05, 4.69) is 56.5 Å². The highest BCUT2D eigenvalue weighted by Gasteiger charge is 2.33. The number of carbonyl (C=O) groups excluding carboxylic acids is 5. The van der Waals surface area contributed by atoms with E-state index in [1.165, 1.54) is 44.5 Å². The third-order valence-corrected chi connectivity index (χ3v) is 8.39. The van der Waals surface area contributed by atoms with Crippen LogP contribution in [0.15, 0.2) is 37.6 Å². The van der Waals surface area contributed by atoms with Crippen LogP contribution < -0.4 is 43.8 Å². The predicted molar refractivity (Wildman–Crippen MR) is 194 cm³/mol. The number of imidazole rings is 3. The summed E-state index contributed by atoms with van der Waals surface area (Å²) in [5.74, 6) is -4.78. The number of amides is 5. The largest absolute Gasteiger partial charge is 0.480 e. The highest BCUT2D eigenvalue weighted by Crippen LogP contribution is 2.09. The van der Waals surface area contributed by atoms with Gasteiger partial charge in [0.05, 0.1) is 25.0 Å². The van der Waals surface area contributed by atoms with Crippen LogP contribution in [0.5, 0.6) is 0 Å². The highest BCUT2D eigenvalue weighted by atomic mass is 16.4. The summed E-state index contributed by atoms with van der Waals surface area (Å²) in [6.45, 7) is 2.17. The lowest BCUT2D eigenvalue weighted by Crippen LogP contribution is -2.60. The molecule has 5 amide bonds. The Morgan fingerprint density at radius 3 is 1.24 bits per heavy atom. The van der Waals surface area contributed by atoms with Gasteiger partial charge >= 0.3 is 5.97 Å². The second-order valence-electron chi connectivity index (χ2n) is 12.8. The van der Waals surface area contributed by atoms with Gasteiger partial charge in [-0.15, -0.1) is 0 Å². The number of aromatic amines is 3. The number of aromatic nitrogens is 6. The Labute approximate surface area is 311 Å². The molecule has 21 nitrogen and oxygen atoms in total. The van der Waals surface area contributed by atoms with E-state index < -0.39 is 71.8 Å². The first-order valence-electron chi connectivity index (χ1n) is 17.7. The second-order valence-corrected chi connectivity index (χ2v) is 12.8. The molecule has 0 spiro atoms. The zero-order chi connectivity index (χ0) is 39.5. The van der Waals surface area contributed by atoms with Gasteiger partial charge in [0, 0.05) is 54.9 Å². The minimum absolute atomic E-state index is 0.0523. The number of nitrogens with two attached hydrogens (primary N) is 3. The first-order valence-corrected chi connectivity index (χ1v) is 17.7.